The van der Waals surface area contributed by atoms with E-state index in [2.05, 4.69) is 53.7 Å². The van der Waals surface area contributed by atoms with Crippen LogP contribution in [-0.4, -0.2) is 77.4 Å². The van der Waals surface area contributed by atoms with Crippen LogP contribution in [0.2, 0.25) is 0 Å². The van der Waals surface area contributed by atoms with Gasteiger partial charge in [0.1, 0.15) is 23.0 Å². The molecule has 0 N–H and O–H groups in total. The first-order chi connectivity index (χ1) is 31.5. The summed E-state index contributed by atoms with van der Waals surface area (Å²) in [5.74, 6) is 5.85. The third-order valence-corrected chi connectivity index (χ3v) is 10.6. The smallest absolute Gasteiger partial charge is 0.197 e. The molecule has 0 radical (unpaired) electrons. The van der Waals surface area contributed by atoms with Crippen molar-refractivity contribution in [2.45, 2.75) is 199 Å². The van der Waals surface area contributed by atoms with Crippen LogP contribution in [0.4, 0.5) is 0 Å². The van der Waals surface area contributed by atoms with Gasteiger partial charge in [0.25, 0.3) is 0 Å². The summed E-state index contributed by atoms with van der Waals surface area (Å²) in [6.07, 6.45) is 1.39. The largest absolute Gasteiger partial charge is 0.465 e. The minimum Gasteiger partial charge on any atom is -0.465 e. The Bertz CT molecular complexity index is 1680. The highest BCUT2D eigenvalue weighted by Gasteiger charge is 2.21. The Labute approximate surface area is 400 Å². The molecule has 378 valence electrons. The first-order valence-electron chi connectivity index (χ1n) is 24.7. The van der Waals surface area contributed by atoms with Crippen LogP contribution in [0, 0.1) is 0 Å². The van der Waals surface area contributed by atoms with Gasteiger partial charge in [0.15, 0.2) is 49.2 Å². The number of hydrogen-bond acceptors (Lipinski definition) is 12. The average molecular weight is 931 g/mol. The summed E-state index contributed by atoms with van der Waals surface area (Å²) in [5, 5.41) is 0. The molecule has 9 unspecified atom stereocenters. The van der Waals surface area contributed by atoms with Gasteiger partial charge >= 0.3 is 0 Å². The van der Waals surface area contributed by atoms with Gasteiger partial charge < -0.3 is 56.8 Å². The lowest BCUT2D eigenvalue weighted by Gasteiger charge is -2.24. The third-order valence-electron chi connectivity index (χ3n) is 10.6. The van der Waals surface area contributed by atoms with Gasteiger partial charge in [0.2, 0.25) is 0 Å². The lowest BCUT2D eigenvalue weighted by atomic mass is 9.97. The lowest BCUT2D eigenvalue weighted by molar-refractivity contribution is -0.0770. The molecule has 0 saturated heterocycles. The monoisotopic (exact) mass is 931 g/mol. The number of rotatable bonds is 30. The van der Waals surface area contributed by atoms with Gasteiger partial charge in [-0.1, -0.05) is 59.7 Å². The van der Waals surface area contributed by atoms with Crippen LogP contribution >= 0.6 is 0 Å². The Hall–Kier alpha value is -3.78. The first-order valence-corrected chi connectivity index (χ1v) is 24.7. The van der Waals surface area contributed by atoms with Gasteiger partial charge in [0, 0.05) is 56.8 Å². The highest BCUT2D eigenvalue weighted by atomic mass is 16.7. The molecule has 0 aliphatic heterocycles. The minimum absolute atomic E-state index is 0.260. The molecule has 0 saturated carbocycles. The zero-order valence-corrected chi connectivity index (χ0v) is 44.2. The van der Waals surface area contributed by atoms with Crippen molar-refractivity contribution < 1.29 is 56.8 Å². The Morgan fingerprint density at radius 2 is 0.682 bits per heavy atom. The molecule has 3 aromatic rings. The number of hydrogen-bond donors (Lipinski definition) is 0. The van der Waals surface area contributed by atoms with E-state index >= 15 is 0 Å². The van der Waals surface area contributed by atoms with Crippen molar-refractivity contribution in [2.24, 2.45) is 0 Å². The summed E-state index contributed by atoms with van der Waals surface area (Å²) in [7, 11) is 0. The van der Waals surface area contributed by atoms with E-state index < -0.39 is 0 Å². The molecule has 0 bridgehead atoms. The molecule has 0 aliphatic rings. The molecular formula is C54H90O12. The second-order valence-electron chi connectivity index (χ2n) is 15.8. The van der Waals surface area contributed by atoms with Crippen LogP contribution in [0.5, 0.6) is 34.5 Å². The Kier molecular flexibility index (Phi) is 31.5. The van der Waals surface area contributed by atoms with E-state index in [9.17, 15) is 0 Å². The maximum Gasteiger partial charge on any atom is 0.197 e. The molecule has 0 heterocycles. The molecular weight excluding hydrogens is 841 g/mol. The number of ether oxygens (including phenoxy) is 12. The van der Waals surface area contributed by atoms with E-state index in [1.165, 1.54) is 5.56 Å². The average Bonchev–Trinajstić information content (AvgIpc) is 3.27. The molecule has 0 spiro atoms. The third kappa shape index (κ3) is 22.8. The van der Waals surface area contributed by atoms with E-state index in [1.54, 1.807) is 0 Å². The van der Waals surface area contributed by atoms with Crippen molar-refractivity contribution in [3.8, 4) is 34.5 Å². The standard InChI is InChI=1S/3C18H30O4/c1-7-13(4)17-12-16(21-14(5)19-8-2)10-11-18(17)22-15(6)20-9-3;1-7-13(4)17-11-10-16(21-14(5)19-8-2)12-18(17)22-15(6)20-9-3;1-7-13(4)16-11-10-12-17(21-14(5)19-8-2)18(16)22-15(6)20-9-3/h3*10-15H,7-9H2,1-6H3. The molecule has 12 heteroatoms. The summed E-state index contributed by atoms with van der Waals surface area (Å²) in [4.78, 5) is 0. The van der Waals surface area contributed by atoms with Crippen molar-refractivity contribution in [3.63, 3.8) is 0 Å². The van der Waals surface area contributed by atoms with E-state index in [1.807, 2.05) is 126 Å². The molecule has 0 aliphatic carbocycles. The van der Waals surface area contributed by atoms with Crippen molar-refractivity contribution >= 4 is 0 Å². The first kappa shape index (κ1) is 60.2. The van der Waals surface area contributed by atoms with Gasteiger partial charge in [-0.3, -0.25) is 0 Å². The Morgan fingerprint density at radius 1 is 0.318 bits per heavy atom. The SMILES string of the molecule is CCOC(C)Oc1ccc(C(C)CC)c(OC(C)OCC)c1.CCOC(C)Oc1ccc(OC(C)OCC)c(C(C)CC)c1.CCOC(C)Oc1cccc(C(C)CC)c1OC(C)OCC. The van der Waals surface area contributed by atoms with Crippen molar-refractivity contribution in [3.05, 3.63) is 71.3 Å². The van der Waals surface area contributed by atoms with Crippen LogP contribution in [0.1, 0.15) is 178 Å². The van der Waals surface area contributed by atoms with E-state index in [0.29, 0.717) is 63.1 Å². The van der Waals surface area contributed by atoms with Gasteiger partial charge in [-0.15, -0.1) is 0 Å². The summed E-state index contributed by atoms with van der Waals surface area (Å²) >= 11 is 0. The summed E-state index contributed by atoms with van der Waals surface area (Å²) in [5.41, 5.74) is 3.44. The molecule has 12 nitrogen and oxygen atoms in total. The van der Waals surface area contributed by atoms with Gasteiger partial charge in [-0.25, -0.2) is 0 Å². The van der Waals surface area contributed by atoms with Crippen LogP contribution < -0.4 is 28.4 Å². The molecule has 0 amide bonds. The fourth-order valence-corrected chi connectivity index (χ4v) is 6.69. The van der Waals surface area contributed by atoms with E-state index in [4.69, 9.17) is 56.8 Å². The lowest BCUT2D eigenvalue weighted by Crippen LogP contribution is -2.20. The zero-order chi connectivity index (χ0) is 49.6. The predicted octanol–water partition coefficient (Wildman–Crippen LogP) is 14.2. The van der Waals surface area contributed by atoms with E-state index in [0.717, 1.165) is 59.1 Å². The second kappa shape index (κ2) is 34.5. The Morgan fingerprint density at radius 3 is 1.14 bits per heavy atom. The number of benzene rings is 3. The highest BCUT2D eigenvalue weighted by molar-refractivity contribution is 5.48. The van der Waals surface area contributed by atoms with Crippen LogP contribution in [0.15, 0.2) is 54.6 Å². The fourth-order valence-electron chi connectivity index (χ4n) is 6.69. The predicted molar refractivity (Wildman–Crippen MR) is 266 cm³/mol. The molecule has 0 aromatic heterocycles. The summed E-state index contributed by atoms with van der Waals surface area (Å²) in [6.45, 7) is 39.9. The minimum atomic E-state index is -0.319. The quantitative estimate of drug-likeness (QED) is 0.0593. The van der Waals surface area contributed by atoms with Crippen LogP contribution in [0.25, 0.3) is 0 Å². The van der Waals surface area contributed by atoms with Gasteiger partial charge in [-0.2, -0.15) is 0 Å². The van der Waals surface area contributed by atoms with Gasteiger partial charge in [-0.05, 0) is 156 Å². The van der Waals surface area contributed by atoms with Crippen molar-refractivity contribution in [1.82, 2.24) is 0 Å². The van der Waals surface area contributed by atoms with E-state index in [-0.39, 0.29) is 37.7 Å². The number of para-hydroxylation sites is 1. The fraction of sp³-hybridized carbons (Fsp3) is 0.667. The maximum absolute atomic E-state index is 6.02. The maximum atomic E-state index is 6.02. The topological polar surface area (TPSA) is 111 Å². The molecule has 3 rings (SSSR count). The van der Waals surface area contributed by atoms with Crippen molar-refractivity contribution in [1.29, 1.82) is 0 Å². The van der Waals surface area contributed by atoms with Crippen LogP contribution in [-0.2, 0) is 28.4 Å². The normalized spacial score (nSPS) is 15.2. The van der Waals surface area contributed by atoms with Crippen molar-refractivity contribution in [2.75, 3.05) is 39.6 Å². The molecule has 0 fully saturated rings. The summed E-state index contributed by atoms with van der Waals surface area (Å²) in [6, 6.07) is 17.8. The Balaban J connectivity index is 0.000000495. The summed E-state index contributed by atoms with van der Waals surface area (Å²) < 4.78 is 68.1. The molecule has 3 aromatic carbocycles. The second-order valence-corrected chi connectivity index (χ2v) is 15.8. The van der Waals surface area contributed by atoms with Gasteiger partial charge in [0.05, 0.1) is 0 Å². The zero-order valence-electron chi connectivity index (χ0n) is 44.2. The molecule has 66 heavy (non-hydrogen) atoms. The highest BCUT2D eigenvalue weighted by Crippen LogP contribution is 2.39. The molecule has 9 atom stereocenters. The van der Waals surface area contributed by atoms with Crippen LogP contribution in [0.3, 0.4) is 0 Å².